The Hall–Kier alpha value is -2.46. The largest absolute Gasteiger partial charge is 0.433 e. The molecule has 1 fully saturated rings. The maximum absolute atomic E-state index is 12.5. The van der Waals surface area contributed by atoms with Gasteiger partial charge in [-0.2, -0.15) is 18.3 Å². The number of primary amides is 1. The average molecular weight is 343 g/mol. The number of carbonyl (C=O) groups excluding carboxylic acids is 1. The van der Waals surface area contributed by atoms with Crippen molar-refractivity contribution in [2.45, 2.75) is 6.18 Å². The summed E-state index contributed by atoms with van der Waals surface area (Å²) in [6.45, 7) is 3.83. The molecular formula is C14H16F3N5O2. The summed E-state index contributed by atoms with van der Waals surface area (Å²) in [4.78, 5) is 14.1. The molecule has 2 aromatic heterocycles. The smallest absolute Gasteiger partial charge is 0.379 e. The lowest BCUT2D eigenvalue weighted by molar-refractivity contribution is -0.141. The van der Waals surface area contributed by atoms with E-state index in [2.05, 4.69) is 15.4 Å². The third-order valence-corrected chi connectivity index (χ3v) is 3.01. The van der Waals surface area contributed by atoms with E-state index >= 15 is 0 Å². The quantitative estimate of drug-likeness (QED) is 0.848. The van der Waals surface area contributed by atoms with Crippen molar-refractivity contribution in [3.63, 3.8) is 0 Å². The Morgan fingerprint density at radius 3 is 2.50 bits per heavy atom. The first-order valence-electron chi connectivity index (χ1n) is 7.04. The highest BCUT2D eigenvalue weighted by Gasteiger charge is 2.32. The van der Waals surface area contributed by atoms with E-state index in [1.54, 1.807) is 0 Å². The molecule has 0 saturated carbocycles. The molecule has 1 aliphatic rings. The van der Waals surface area contributed by atoms with Gasteiger partial charge in [-0.3, -0.25) is 9.78 Å². The molecule has 2 aromatic rings. The number of carbonyl (C=O) groups is 1. The van der Waals surface area contributed by atoms with Gasteiger partial charge in [-0.15, -0.1) is 0 Å². The van der Waals surface area contributed by atoms with E-state index in [0.717, 1.165) is 43.2 Å². The number of aromatic nitrogens is 3. The molecule has 0 unspecified atom stereocenters. The van der Waals surface area contributed by atoms with Gasteiger partial charge in [-0.1, -0.05) is 0 Å². The molecule has 3 rings (SSSR count). The number of nitrogens with zero attached hydrogens (tertiary/aromatic N) is 3. The maximum atomic E-state index is 12.5. The van der Waals surface area contributed by atoms with E-state index in [1.807, 2.05) is 0 Å². The lowest BCUT2D eigenvalue weighted by Gasteiger charge is -2.10. The molecule has 3 heterocycles. The first-order chi connectivity index (χ1) is 11.4. The van der Waals surface area contributed by atoms with Crippen LogP contribution in [-0.2, 0) is 10.9 Å². The number of nitrogens with one attached hydrogen (secondary N) is 1. The monoisotopic (exact) mass is 343 g/mol. The summed E-state index contributed by atoms with van der Waals surface area (Å²) in [7, 11) is 0. The molecular weight excluding hydrogens is 327 g/mol. The Labute approximate surface area is 135 Å². The van der Waals surface area contributed by atoms with Crippen LogP contribution < -0.4 is 11.1 Å². The summed E-state index contributed by atoms with van der Waals surface area (Å²) >= 11 is 0. The average Bonchev–Trinajstić information content (AvgIpc) is 3.07. The predicted molar refractivity (Wildman–Crippen MR) is 78.6 cm³/mol. The van der Waals surface area contributed by atoms with Gasteiger partial charge in [0.15, 0.2) is 0 Å². The Balaban J connectivity index is 0.000000292. The van der Waals surface area contributed by atoms with Crippen molar-refractivity contribution in [2.24, 2.45) is 5.73 Å². The number of amides is 1. The van der Waals surface area contributed by atoms with Crippen LogP contribution in [-0.4, -0.2) is 47.0 Å². The van der Waals surface area contributed by atoms with E-state index in [1.165, 1.54) is 18.5 Å². The van der Waals surface area contributed by atoms with Crippen LogP contribution in [0, 0.1) is 0 Å². The van der Waals surface area contributed by atoms with Gasteiger partial charge in [-0.25, -0.2) is 4.68 Å². The normalized spacial score (nSPS) is 14.6. The second-order valence-electron chi connectivity index (χ2n) is 4.80. The van der Waals surface area contributed by atoms with Gasteiger partial charge >= 0.3 is 6.18 Å². The SMILES string of the molecule is C1COCCN1.NC(=O)c1cnn(-c2ccnc(C(F)(F)F)c2)c1. The molecule has 1 amide bonds. The minimum atomic E-state index is -4.53. The fraction of sp³-hybridized carbons (Fsp3) is 0.357. The third-order valence-electron chi connectivity index (χ3n) is 3.01. The van der Waals surface area contributed by atoms with Crippen LogP contribution in [0.4, 0.5) is 13.2 Å². The number of pyridine rings is 1. The number of ether oxygens (including phenoxy) is 1. The zero-order valence-electron chi connectivity index (χ0n) is 12.6. The standard InChI is InChI=1S/C10H7F3N4O.C4H9NO/c11-10(12,13)8-3-7(1-2-15-8)17-5-6(4-16-17)9(14)18;1-3-6-4-2-5-1/h1-5H,(H2,14,18);5H,1-4H2. The maximum Gasteiger partial charge on any atom is 0.433 e. The molecule has 1 aliphatic heterocycles. The van der Waals surface area contributed by atoms with Gasteiger partial charge in [0.2, 0.25) is 0 Å². The van der Waals surface area contributed by atoms with Crippen molar-refractivity contribution < 1.29 is 22.7 Å². The molecule has 0 atom stereocenters. The van der Waals surface area contributed by atoms with Crippen molar-refractivity contribution in [3.8, 4) is 5.69 Å². The highest BCUT2D eigenvalue weighted by atomic mass is 19.4. The number of hydrogen-bond acceptors (Lipinski definition) is 5. The molecule has 7 nitrogen and oxygen atoms in total. The lowest BCUT2D eigenvalue weighted by Crippen LogP contribution is -2.30. The van der Waals surface area contributed by atoms with Crippen LogP contribution in [0.25, 0.3) is 5.69 Å². The number of nitrogens with two attached hydrogens (primary N) is 1. The van der Waals surface area contributed by atoms with E-state index in [0.29, 0.717) is 0 Å². The van der Waals surface area contributed by atoms with E-state index in [-0.39, 0.29) is 11.3 Å². The van der Waals surface area contributed by atoms with Crippen LogP contribution in [0.2, 0.25) is 0 Å². The molecule has 0 spiro atoms. The van der Waals surface area contributed by atoms with Gasteiger partial charge in [-0.05, 0) is 12.1 Å². The Kier molecular flexibility index (Phi) is 5.88. The molecule has 24 heavy (non-hydrogen) atoms. The van der Waals surface area contributed by atoms with Gasteiger partial charge in [0.1, 0.15) is 5.69 Å². The fourth-order valence-corrected chi connectivity index (χ4v) is 1.82. The van der Waals surface area contributed by atoms with Crippen LogP contribution in [0.3, 0.4) is 0 Å². The van der Waals surface area contributed by atoms with Crippen LogP contribution in [0.5, 0.6) is 0 Å². The van der Waals surface area contributed by atoms with Crippen LogP contribution in [0.1, 0.15) is 16.1 Å². The number of halogens is 3. The Morgan fingerprint density at radius 1 is 1.33 bits per heavy atom. The van der Waals surface area contributed by atoms with E-state index in [4.69, 9.17) is 10.5 Å². The topological polar surface area (TPSA) is 95.1 Å². The van der Waals surface area contributed by atoms with Gasteiger partial charge in [0.05, 0.1) is 30.7 Å². The third kappa shape index (κ3) is 5.03. The second-order valence-corrected chi connectivity index (χ2v) is 4.80. The summed E-state index contributed by atoms with van der Waals surface area (Å²) in [5.74, 6) is -0.702. The first-order valence-corrected chi connectivity index (χ1v) is 7.04. The van der Waals surface area contributed by atoms with Gasteiger partial charge < -0.3 is 15.8 Å². The molecule has 0 aromatic carbocycles. The fourth-order valence-electron chi connectivity index (χ4n) is 1.82. The summed E-state index contributed by atoms with van der Waals surface area (Å²) in [6.07, 6.45) is -1.09. The summed E-state index contributed by atoms with van der Waals surface area (Å²) in [5, 5.41) is 6.91. The molecule has 0 bridgehead atoms. The Morgan fingerprint density at radius 2 is 2.04 bits per heavy atom. The van der Waals surface area contributed by atoms with Crippen molar-refractivity contribution in [1.82, 2.24) is 20.1 Å². The van der Waals surface area contributed by atoms with Crippen molar-refractivity contribution in [1.29, 1.82) is 0 Å². The number of hydrogen-bond donors (Lipinski definition) is 2. The Bertz CT molecular complexity index is 672. The minimum Gasteiger partial charge on any atom is -0.379 e. The zero-order valence-corrected chi connectivity index (χ0v) is 12.6. The summed E-state index contributed by atoms with van der Waals surface area (Å²) in [5.41, 5.74) is 4.24. The number of alkyl halides is 3. The number of morpholine rings is 1. The zero-order chi connectivity index (χ0) is 17.6. The minimum absolute atomic E-state index is 0.111. The van der Waals surface area contributed by atoms with Crippen molar-refractivity contribution >= 4 is 5.91 Å². The molecule has 3 N–H and O–H groups in total. The molecule has 0 aliphatic carbocycles. The van der Waals surface area contributed by atoms with Crippen molar-refractivity contribution in [3.05, 3.63) is 42.0 Å². The molecule has 130 valence electrons. The van der Waals surface area contributed by atoms with Crippen molar-refractivity contribution in [2.75, 3.05) is 26.3 Å². The van der Waals surface area contributed by atoms with Gasteiger partial charge in [0.25, 0.3) is 5.91 Å². The van der Waals surface area contributed by atoms with E-state index in [9.17, 15) is 18.0 Å². The highest BCUT2D eigenvalue weighted by Crippen LogP contribution is 2.28. The van der Waals surface area contributed by atoms with Crippen LogP contribution >= 0.6 is 0 Å². The predicted octanol–water partition coefficient (Wildman–Crippen LogP) is 0.991. The van der Waals surface area contributed by atoms with Crippen LogP contribution in [0.15, 0.2) is 30.7 Å². The summed E-state index contributed by atoms with van der Waals surface area (Å²) < 4.78 is 43.5. The highest BCUT2D eigenvalue weighted by molar-refractivity contribution is 5.92. The van der Waals surface area contributed by atoms with Gasteiger partial charge in [0, 0.05) is 25.5 Å². The number of rotatable bonds is 2. The van der Waals surface area contributed by atoms with E-state index < -0.39 is 17.8 Å². The first kappa shape index (κ1) is 17.9. The lowest BCUT2D eigenvalue weighted by atomic mass is 10.3. The molecule has 1 saturated heterocycles. The molecule has 10 heteroatoms. The summed E-state index contributed by atoms with van der Waals surface area (Å²) in [6, 6.07) is 2.17. The second kappa shape index (κ2) is 7.88. The molecule has 0 radical (unpaired) electrons.